The van der Waals surface area contributed by atoms with Crippen LogP contribution in [0.1, 0.15) is 13.8 Å². The highest BCUT2D eigenvalue weighted by Crippen LogP contribution is 2.02. The minimum absolute atomic E-state index is 0.505. The number of ether oxygens (including phenoxy) is 1. The molecule has 0 aliphatic rings. The molecule has 1 heterocycles. The lowest BCUT2D eigenvalue weighted by Crippen LogP contribution is -2.27. The van der Waals surface area contributed by atoms with Crippen LogP contribution in [0.2, 0.25) is 0 Å². The number of aromatic nitrogens is 2. The molecule has 1 aromatic heterocycles. The summed E-state index contributed by atoms with van der Waals surface area (Å²) in [4.78, 5) is 4.05. The van der Waals surface area contributed by atoms with E-state index in [9.17, 15) is 0 Å². The average Bonchev–Trinajstić information content (AvgIpc) is 2.45. The molecule has 0 spiro atoms. The normalized spacial score (nSPS) is 10.8. The van der Waals surface area contributed by atoms with Gasteiger partial charge in [0.25, 0.3) is 6.01 Å². The summed E-state index contributed by atoms with van der Waals surface area (Å²) in [6.07, 6.45) is 3.59. The molecule has 4 heteroatoms. The molecule has 0 fully saturated rings. The summed E-state index contributed by atoms with van der Waals surface area (Å²) in [5.41, 5.74) is 0. The number of nitrogens with zero attached hydrogens (tertiary/aromatic N) is 2. The zero-order valence-electron chi connectivity index (χ0n) is 8.45. The van der Waals surface area contributed by atoms with Crippen LogP contribution >= 0.6 is 0 Å². The molecule has 0 saturated carbocycles. The fraction of sp³-hybridized carbons (Fsp3) is 0.667. The summed E-state index contributed by atoms with van der Waals surface area (Å²) in [5, 5.41) is 3.27. The maximum Gasteiger partial charge on any atom is 0.295 e. The second-order valence-electron chi connectivity index (χ2n) is 3.28. The highest BCUT2D eigenvalue weighted by Gasteiger charge is 1.98. The first kappa shape index (κ1) is 10.1. The van der Waals surface area contributed by atoms with Gasteiger partial charge in [-0.3, -0.25) is 0 Å². The smallest absolute Gasteiger partial charge is 0.295 e. The monoisotopic (exact) mass is 183 g/mol. The lowest BCUT2D eigenvalue weighted by molar-refractivity contribution is 0.277. The Kier molecular flexibility index (Phi) is 3.76. The van der Waals surface area contributed by atoms with Crippen molar-refractivity contribution in [2.75, 3.05) is 13.2 Å². The highest BCUT2D eigenvalue weighted by atomic mass is 16.5. The molecule has 0 aromatic carbocycles. The van der Waals surface area contributed by atoms with Gasteiger partial charge >= 0.3 is 0 Å². The molecular weight excluding hydrogens is 166 g/mol. The van der Waals surface area contributed by atoms with Crippen molar-refractivity contribution in [2.24, 2.45) is 7.05 Å². The van der Waals surface area contributed by atoms with E-state index in [0.717, 1.165) is 6.54 Å². The minimum atomic E-state index is 0.505. The van der Waals surface area contributed by atoms with Gasteiger partial charge in [0.05, 0.1) is 0 Å². The van der Waals surface area contributed by atoms with Crippen LogP contribution in [0.25, 0.3) is 0 Å². The van der Waals surface area contributed by atoms with Crippen molar-refractivity contribution in [3.05, 3.63) is 12.4 Å². The fourth-order valence-corrected chi connectivity index (χ4v) is 0.981. The van der Waals surface area contributed by atoms with Gasteiger partial charge < -0.3 is 14.6 Å². The molecular formula is C9H17N3O. The first-order valence-electron chi connectivity index (χ1n) is 4.53. The van der Waals surface area contributed by atoms with Gasteiger partial charge in [-0.15, -0.1) is 0 Å². The molecule has 1 aromatic rings. The van der Waals surface area contributed by atoms with Crippen LogP contribution in [0.15, 0.2) is 12.4 Å². The molecule has 1 rings (SSSR count). The molecule has 0 amide bonds. The summed E-state index contributed by atoms with van der Waals surface area (Å²) in [7, 11) is 1.91. The Labute approximate surface area is 78.9 Å². The highest BCUT2D eigenvalue weighted by molar-refractivity contribution is 4.96. The van der Waals surface area contributed by atoms with Crippen molar-refractivity contribution in [1.82, 2.24) is 14.9 Å². The van der Waals surface area contributed by atoms with E-state index in [2.05, 4.69) is 24.1 Å². The standard InChI is InChI=1S/C9H17N3O/c1-8(2)10-5-7-13-9-11-4-6-12(9)3/h4,6,8,10H,5,7H2,1-3H3. The third-order valence-corrected chi connectivity index (χ3v) is 1.66. The molecule has 0 aliphatic heterocycles. The maximum atomic E-state index is 5.42. The molecule has 4 nitrogen and oxygen atoms in total. The van der Waals surface area contributed by atoms with E-state index >= 15 is 0 Å². The molecule has 0 unspecified atom stereocenters. The summed E-state index contributed by atoms with van der Waals surface area (Å²) < 4.78 is 7.27. The quantitative estimate of drug-likeness (QED) is 0.686. The van der Waals surface area contributed by atoms with Crippen molar-refractivity contribution < 1.29 is 4.74 Å². The third kappa shape index (κ3) is 3.46. The predicted octanol–water partition coefficient (Wildman–Crippen LogP) is 0.797. The Balaban J connectivity index is 2.17. The second kappa shape index (κ2) is 4.87. The molecule has 0 bridgehead atoms. The van der Waals surface area contributed by atoms with Crippen molar-refractivity contribution in [3.8, 4) is 6.01 Å². The van der Waals surface area contributed by atoms with Crippen molar-refractivity contribution in [3.63, 3.8) is 0 Å². The van der Waals surface area contributed by atoms with E-state index < -0.39 is 0 Å². The van der Waals surface area contributed by atoms with Gasteiger partial charge in [0.2, 0.25) is 0 Å². The summed E-state index contributed by atoms with van der Waals surface area (Å²) in [6, 6.07) is 1.18. The van der Waals surface area contributed by atoms with Crippen LogP contribution in [-0.4, -0.2) is 28.7 Å². The molecule has 0 aliphatic carbocycles. The van der Waals surface area contributed by atoms with Crippen LogP contribution < -0.4 is 10.1 Å². The predicted molar refractivity (Wildman–Crippen MR) is 51.8 cm³/mol. The van der Waals surface area contributed by atoms with Gasteiger partial charge in [-0.1, -0.05) is 13.8 Å². The summed E-state index contributed by atoms with van der Waals surface area (Å²) in [5.74, 6) is 0. The lowest BCUT2D eigenvalue weighted by Gasteiger charge is -2.08. The molecule has 0 saturated heterocycles. The molecule has 0 radical (unpaired) electrons. The largest absolute Gasteiger partial charge is 0.463 e. The first-order chi connectivity index (χ1) is 6.20. The Morgan fingerprint density at radius 3 is 2.92 bits per heavy atom. The Morgan fingerprint density at radius 1 is 1.62 bits per heavy atom. The summed E-state index contributed by atoms with van der Waals surface area (Å²) >= 11 is 0. The molecule has 74 valence electrons. The van der Waals surface area contributed by atoms with Crippen LogP contribution in [0.3, 0.4) is 0 Å². The number of aryl methyl sites for hydroxylation is 1. The van der Waals surface area contributed by atoms with Gasteiger partial charge in [-0.05, 0) is 0 Å². The number of imidazole rings is 1. The average molecular weight is 183 g/mol. The molecule has 13 heavy (non-hydrogen) atoms. The Morgan fingerprint density at radius 2 is 2.38 bits per heavy atom. The maximum absolute atomic E-state index is 5.42. The SMILES string of the molecule is CC(C)NCCOc1nccn1C. The number of rotatable bonds is 5. The topological polar surface area (TPSA) is 39.1 Å². The summed E-state index contributed by atoms with van der Waals surface area (Å²) in [6.45, 7) is 5.73. The zero-order valence-corrected chi connectivity index (χ0v) is 8.45. The Bertz CT molecular complexity index is 245. The van der Waals surface area contributed by atoms with E-state index in [1.54, 1.807) is 6.20 Å². The van der Waals surface area contributed by atoms with E-state index in [4.69, 9.17) is 4.74 Å². The van der Waals surface area contributed by atoms with E-state index in [1.807, 2.05) is 17.8 Å². The number of nitrogens with one attached hydrogen (secondary N) is 1. The van der Waals surface area contributed by atoms with Crippen LogP contribution in [0.5, 0.6) is 6.01 Å². The number of hydrogen-bond acceptors (Lipinski definition) is 3. The third-order valence-electron chi connectivity index (χ3n) is 1.66. The fourth-order valence-electron chi connectivity index (χ4n) is 0.981. The number of hydrogen-bond donors (Lipinski definition) is 1. The van der Waals surface area contributed by atoms with E-state index in [-0.39, 0.29) is 0 Å². The van der Waals surface area contributed by atoms with Crippen LogP contribution in [0, 0.1) is 0 Å². The van der Waals surface area contributed by atoms with Crippen molar-refractivity contribution >= 4 is 0 Å². The van der Waals surface area contributed by atoms with E-state index in [1.165, 1.54) is 0 Å². The Hall–Kier alpha value is -1.03. The van der Waals surface area contributed by atoms with Gasteiger partial charge in [-0.2, -0.15) is 0 Å². The zero-order chi connectivity index (χ0) is 9.68. The first-order valence-corrected chi connectivity index (χ1v) is 4.53. The van der Waals surface area contributed by atoms with Gasteiger partial charge in [-0.25, -0.2) is 4.98 Å². The van der Waals surface area contributed by atoms with Crippen molar-refractivity contribution in [2.45, 2.75) is 19.9 Å². The van der Waals surface area contributed by atoms with Gasteiger partial charge in [0, 0.05) is 32.0 Å². The molecule has 0 atom stereocenters. The van der Waals surface area contributed by atoms with Crippen molar-refractivity contribution in [1.29, 1.82) is 0 Å². The lowest BCUT2D eigenvalue weighted by atomic mass is 10.4. The van der Waals surface area contributed by atoms with Gasteiger partial charge in [0.1, 0.15) is 6.61 Å². The van der Waals surface area contributed by atoms with E-state index in [0.29, 0.717) is 18.7 Å². The van der Waals surface area contributed by atoms with Gasteiger partial charge in [0.15, 0.2) is 0 Å². The second-order valence-corrected chi connectivity index (χ2v) is 3.28. The minimum Gasteiger partial charge on any atom is -0.463 e. The van der Waals surface area contributed by atoms with Crippen LogP contribution in [-0.2, 0) is 7.05 Å². The molecule has 1 N–H and O–H groups in total. The van der Waals surface area contributed by atoms with Crippen LogP contribution in [0.4, 0.5) is 0 Å².